The van der Waals surface area contributed by atoms with Crippen molar-refractivity contribution in [2.24, 2.45) is 0 Å². The lowest BCUT2D eigenvalue weighted by Gasteiger charge is -2.22. The molecule has 0 saturated heterocycles. The van der Waals surface area contributed by atoms with E-state index in [1.165, 1.54) is 12.1 Å². The predicted molar refractivity (Wildman–Crippen MR) is 83.7 cm³/mol. The van der Waals surface area contributed by atoms with Crippen molar-refractivity contribution in [2.45, 2.75) is 17.2 Å². The van der Waals surface area contributed by atoms with Crippen molar-refractivity contribution in [3.8, 4) is 0 Å². The van der Waals surface area contributed by atoms with Crippen LogP contribution in [0.25, 0.3) is 0 Å². The van der Waals surface area contributed by atoms with E-state index in [1.807, 2.05) is 0 Å². The first-order chi connectivity index (χ1) is 10.8. The van der Waals surface area contributed by atoms with Crippen molar-refractivity contribution >= 4 is 38.9 Å². The van der Waals surface area contributed by atoms with Crippen LogP contribution in [0, 0.1) is 0 Å². The molecule has 3 rings (SSSR count). The van der Waals surface area contributed by atoms with E-state index in [9.17, 15) is 18.0 Å². The number of sulfone groups is 1. The zero-order chi connectivity index (χ0) is 16.8. The molecule has 1 atom stereocenters. The van der Waals surface area contributed by atoms with Gasteiger partial charge >= 0.3 is 5.97 Å². The third-order valence-electron chi connectivity index (χ3n) is 3.60. The molecule has 0 aliphatic carbocycles. The summed E-state index contributed by atoms with van der Waals surface area (Å²) < 4.78 is 26.9. The smallest absolute Gasteiger partial charge is 0.357 e. The van der Waals surface area contributed by atoms with E-state index in [-0.39, 0.29) is 34.5 Å². The van der Waals surface area contributed by atoms with Crippen molar-refractivity contribution in [2.75, 3.05) is 11.6 Å². The van der Waals surface area contributed by atoms with Gasteiger partial charge in [-0.3, -0.25) is 4.79 Å². The molecule has 1 aromatic heterocycles. The summed E-state index contributed by atoms with van der Waals surface area (Å²) in [5.41, 5.74) is 0.806. The Morgan fingerprint density at radius 2 is 2.00 bits per heavy atom. The molecule has 120 valence electrons. The average molecular weight is 352 g/mol. The fourth-order valence-electron chi connectivity index (χ4n) is 2.49. The summed E-state index contributed by atoms with van der Waals surface area (Å²) in [6, 6.07) is 6.25. The van der Waals surface area contributed by atoms with E-state index in [2.05, 4.69) is 9.69 Å². The van der Waals surface area contributed by atoms with Gasteiger partial charge in [-0.2, -0.15) is 4.37 Å². The molecular weight excluding hydrogens is 340 g/mol. The second-order valence-electron chi connectivity index (χ2n) is 5.22. The van der Waals surface area contributed by atoms with Crippen LogP contribution >= 0.6 is 11.5 Å². The van der Waals surface area contributed by atoms with Crippen molar-refractivity contribution in [1.82, 2.24) is 4.37 Å². The maximum Gasteiger partial charge on any atom is 0.357 e. The van der Waals surface area contributed by atoms with Gasteiger partial charge in [-0.15, -0.1) is 0 Å². The van der Waals surface area contributed by atoms with E-state index in [0.29, 0.717) is 4.88 Å². The monoisotopic (exact) mass is 352 g/mol. The number of carbonyl (C=O) groups excluding carboxylic acids is 1. The fourth-order valence-corrected chi connectivity index (χ4v) is 4.07. The van der Waals surface area contributed by atoms with Crippen molar-refractivity contribution in [3.63, 3.8) is 0 Å². The molecule has 0 bridgehead atoms. The summed E-state index contributed by atoms with van der Waals surface area (Å²) in [6.07, 6.45) is 1.28. The number of benzene rings is 1. The number of aromatic nitrogens is 1. The summed E-state index contributed by atoms with van der Waals surface area (Å²) >= 11 is 1.03. The number of anilines is 1. The predicted octanol–water partition coefficient (Wildman–Crippen LogP) is 1.72. The van der Waals surface area contributed by atoms with Gasteiger partial charge in [0.15, 0.2) is 15.5 Å². The Morgan fingerprint density at radius 1 is 1.35 bits per heavy atom. The van der Waals surface area contributed by atoms with Crippen LogP contribution in [0.1, 0.15) is 33.3 Å². The molecule has 1 unspecified atom stereocenters. The minimum Gasteiger partial charge on any atom is -0.476 e. The largest absolute Gasteiger partial charge is 0.476 e. The first-order valence-electron chi connectivity index (χ1n) is 6.60. The summed E-state index contributed by atoms with van der Waals surface area (Å²) in [5.74, 6) is -1.83. The number of hydrogen-bond donors (Lipinski definition) is 2. The third kappa shape index (κ3) is 2.84. The maximum absolute atomic E-state index is 11.9. The molecule has 2 heterocycles. The van der Waals surface area contributed by atoms with Crippen LogP contribution in [-0.4, -0.2) is 36.0 Å². The van der Waals surface area contributed by atoms with Crippen LogP contribution in [0.3, 0.4) is 0 Å². The molecule has 0 saturated carbocycles. The highest BCUT2D eigenvalue weighted by Crippen LogP contribution is 2.41. The van der Waals surface area contributed by atoms with Gasteiger partial charge in [0.25, 0.3) is 0 Å². The van der Waals surface area contributed by atoms with Gasteiger partial charge in [0.05, 0.1) is 15.5 Å². The lowest BCUT2D eigenvalue weighted by Crippen LogP contribution is -2.23. The molecule has 0 radical (unpaired) electrons. The van der Waals surface area contributed by atoms with E-state index >= 15 is 0 Å². The van der Waals surface area contributed by atoms with Gasteiger partial charge in [0, 0.05) is 18.6 Å². The normalized spacial score (nSPS) is 17.4. The van der Waals surface area contributed by atoms with Gasteiger partial charge in [-0.1, -0.05) is 12.1 Å². The summed E-state index contributed by atoms with van der Waals surface area (Å²) in [7, 11) is -3.30. The number of carboxylic acid groups (broad SMARTS) is 1. The molecule has 1 aromatic carbocycles. The highest BCUT2D eigenvalue weighted by atomic mass is 32.2. The molecule has 1 amide bonds. The second-order valence-corrected chi connectivity index (χ2v) is 8.04. The van der Waals surface area contributed by atoms with Crippen LogP contribution in [0.15, 0.2) is 29.2 Å². The second kappa shape index (κ2) is 5.43. The number of amides is 1. The molecule has 2 aromatic rings. The fraction of sp³-hybridized carbons (Fsp3) is 0.214. The molecule has 0 fully saturated rings. The van der Waals surface area contributed by atoms with Crippen LogP contribution in [0.5, 0.6) is 0 Å². The number of hydrogen-bond acceptors (Lipinski definition) is 6. The quantitative estimate of drug-likeness (QED) is 0.869. The number of rotatable bonds is 3. The van der Waals surface area contributed by atoms with Gasteiger partial charge in [-0.25, -0.2) is 13.2 Å². The lowest BCUT2D eigenvalue weighted by molar-refractivity contribution is -0.116. The first kappa shape index (κ1) is 15.6. The lowest BCUT2D eigenvalue weighted by atomic mass is 9.90. The highest BCUT2D eigenvalue weighted by Gasteiger charge is 2.33. The van der Waals surface area contributed by atoms with Gasteiger partial charge in [0.2, 0.25) is 5.91 Å². The van der Waals surface area contributed by atoms with Crippen LogP contribution in [0.4, 0.5) is 5.69 Å². The number of carboxylic acids is 1. The zero-order valence-corrected chi connectivity index (χ0v) is 13.6. The Kier molecular flexibility index (Phi) is 3.69. The number of aromatic carboxylic acids is 1. The van der Waals surface area contributed by atoms with Crippen LogP contribution < -0.4 is 5.32 Å². The minimum atomic E-state index is -3.30. The summed E-state index contributed by atoms with van der Waals surface area (Å²) in [4.78, 5) is 23.9. The van der Waals surface area contributed by atoms with Gasteiger partial charge in [-0.05, 0) is 29.2 Å². The van der Waals surface area contributed by atoms with E-state index in [0.717, 1.165) is 23.4 Å². The van der Waals surface area contributed by atoms with Gasteiger partial charge < -0.3 is 10.4 Å². The number of carbonyl (C=O) groups is 2. The highest BCUT2D eigenvalue weighted by molar-refractivity contribution is 7.90. The van der Waals surface area contributed by atoms with Crippen molar-refractivity contribution in [1.29, 1.82) is 0 Å². The Labute approximate surface area is 136 Å². The molecule has 2 N–H and O–H groups in total. The van der Waals surface area contributed by atoms with Crippen molar-refractivity contribution < 1.29 is 23.1 Å². The standard InChI is InChI=1S/C14H12N2O5S2/c1-23(20,21)8-4-2-7(3-5-8)9-6-10(17)15-11-12(14(18)19)16-22-13(9)11/h2-5,9H,6H2,1H3,(H,15,17)(H,18,19). The van der Waals surface area contributed by atoms with E-state index < -0.39 is 15.8 Å². The van der Waals surface area contributed by atoms with Crippen LogP contribution in [0.2, 0.25) is 0 Å². The summed E-state index contributed by atoms with van der Waals surface area (Å²) in [5, 5.41) is 11.7. The number of nitrogens with zero attached hydrogens (tertiary/aromatic N) is 1. The molecule has 1 aliphatic rings. The number of nitrogens with one attached hydrogen (secondary N) is 1. The molecule has 7 nitrogen and oxygen atoms in total. The molecule has 9 heteroatoms. The Balaban J connectivity index is 2.05. The molecular formula is C14H12N2O5S2. The average Bonchev–Trinajstić information content (AvgIpc) is 2.89. The van der Waals surface area contributed by atoms with E-state index in [4.69, 9.17) is 5.11 Å². The summed E-state index contributed by atoms with van der Waals surface area (Å²) in [6.45, 7) is 0. The molecule has 23 heavy (non-hydrogen) atoms. The van der Waals surface area contributed by atoms with E-state index in [1.54, 1.807) is 12.1 Å². The molecule has 0 spiro atoms. The topological polar surface area (TPSA) is 113 Å². The Morgan fingerprint density at radius 3 is 2.57 bits per heavy atom. The Bertz CT molecular complexity index is 900. The van der Waals surface area contributed by atoms with Crippen molar-refractivity contribution in [3.05, 3.63) is 40.4 Å². The zero-order valence-electron chi connectivity index (χ0n) is 11.9. The van der Waals surface area contributed by atoms with Gasteiger partial charge in [0.1, 0.15) is 0 Å². The van der Waals surface area contributed by atoms with Crippen LogP contribution in [-0.2, 0) is 14.6 Å². The minimum absolute atomic E-state index is 0.159. The molecule has 1 aliphatic heterocycles. The SMILES string of the molecule is CS(=O)(=O)c1ccc(C2CC(=O)Nc3c(C(=O)O)nsc32)cc1. The maximum atomic E-state index is 11.9. The third-order valence-corrected chi connectivity index (χ3v) is 5.69. The first-order valence-corrected chi connectivity index (χ1v) is 9.26. The Hall–Kier alpha value is -2.26. The number of fused-ring (bicyclic) bond motifs is 1.